The molecule has 0 saturated heterocycles. The summed E-state index contributed by atoms with van der Waals surface area (Å²) in [7, 11) is 0. The molecule has 0 aliphatic carbocycles. The third kappa shape index (κ3) is 1.95. The minimum absolute atomic E-state index is 0.105. The van der Waals surface area contributed by atoms with Gasteiger partial charge in [-0.15, -0.1) is 0 Å². The number of nitrogens with zero attached hydrogens (tertiary/aromatic N) is 1. The van der Waals surface area contributed by atoms with Gasteiger partial charge >= 0.3 is 0 Å². The topological polar surface area (TPSA) is 46.3 Å². The highest BCUT2D eigenvalue weighted by Crippen LogP contribution is 2.37. The second-order valence-electron chi connectivity index (χ2n) is 4.38. The van der Waals surface area contributed by atoms with Crippen molar-refractivity contribution in [3.63, 3.8) is 0 Å². The van der Waals surface area contributed by atoms with Crippen LogP contribution in [0, 0.1) is 0 Å². The van der Waals surface area contributed by atoms with Gasteiger partial charge in [-0.25, -0.2) is 0 Å². The molecule has 3 nitrogen and oxygen atoms in total. The van der Waals surface area contributed by atoms with Gasteiger partial charge in [-0.1, -0.05) is 35.3 Å². The van der Waals surface area contributed by atoms with E-state index in [1.807, 2.05) is 6.07 Å². The number of benzene rings is 2. The van der Waals surface area contributed by atoms with Gasteiger partial charge in [0.05, 0.1) is 22.3 Å². The van der Waals surface area contributed by atoms with E-state index in [2.05, 4.69) is 0 Å². The summed E-state index contributed by atoms with van der Waals surface area (Å²) >= 11 is 12.1. The van der Waals surface area contributed by atoms with Crippen LogP contribution in [0.4, 0.5) is 11.4 Å². The summed E-state index contributed by atoms with van der Waals surface area (Å²) in [5.74, 6) is -0.105. The van der Waals surface area contributed by atoms with Crippen molar-refractivity contribution in [1.82, 2.24) is 0 Å². The number of rotatable bonds is 1. The van der Waals surface area contributed by atoms with Crippen LogP contribution in [0.1, 0.15) is 15.9 Å². The molecule has 2 aromatic carbocycles. The highest BCUT2D eigenvalue weighted by molar-refractivity contribution is 6.44. The van der Waals surface area contributed by atoms with Gasteiger partial charge in [-0.05, 0) is 29.8 Å². The lowest BCUT2D eigenvalue weighted by atomic mass is 10.1. The Morgan fingerprint density at radius 2 is 1.95 bits per heavy atom. The molecule has 5 heteroatoms. The summed E-state index contributed by atoms with van der Waals surface area (Å²) < 4.78 is 0. The zero-order valence-electron chi connectivity index (χ0n) is 9.86. The van der Waals surface area contributed by atoms with Crippen molar-refractivity contribution in [2.45, 2.75) is 6.54 Å². The maximum absolute atomic E-state index is 12.4. The minimum atomic E-state index is -0.105. The van der Waals surface area contributed by atoms with Gasteiger partial charge in [-0.2, -0.15) is 0 Å². The second kappa shape index (κ2) is 4.44. The first-order chi connectivity index (χ1) is 9.08. The predicted molar refractivity (Wildman–Crippen MR) is 77.8 cm³/mol. The molecule has 2 N–H and O–H groups in total. The maximum Gasteiger partial charge on any atom is 0.259 e. The summed E-state index contributed by atoms with van der Waals surface area (Å²) in [4.78, 5) is 14.0. The van der Waals surface area contributed by atoms with E-state index >= 15 is 0 Å². The Hall–Kier alpha value is -1.71. The number of carbonyl (C=O) groups excluding carboxylic acids is 1. The third-order valence-corrected chi connectivity index (χ3v) is 3.97. The van der Waals surface area contributed by atoms with Gasteiger partial charge in [0.1, 0.15) is 0 Å². The van der Waals surface area contributed by atoms with Crippen LogP contribution in [-0.2, 0) is 6.54 Å². The predicted octanol–water partition coefficient (Wildman–Crippen LogP) is 3.74. The van der Waals surface area contributed by atoms with E-state index < -0.39 is 0 Å². The molecular weight excluding hydrogens is 283 g/mol. The fourth-order valence-electron chi connectivity index (χ4n) is 2.21. The molecule has 1 amide bonds. The van der Waals surface area contributed by atoms with E-state index in [-0.39, 0.29) is 5.91 Å². The van der Waals surface area contributed by atoms with E-state index in [1.165, 1.54) is 0 Å². The van der Waals surface area contributed by atoms with Gasteiger partial charge in [-0.3, -0.25) is 4.79 Å². The fraction of sp³-hybridized carbons (Fsp3) is 0.0714. The SMILES string of the molecule is Nc1ccc2c(c1)C(=O)N(c1cccc(Cl)c1Cl)C2. The van der Waals surface area contributed by atoms with Crippen LogP contribution in [-0.4, -0.2) is 5.91 Å². The molecule has 2 aromatic rings. The molecule has 1 aliphatic rings. The number of nitrogens with two attached hydrogens (primary N) is 1. The lowest BCUT2D eigenvalue weighted by Crippen LogP contribution is -2.23. The molecule has 96 valence electrons. The first kappa shape index (κ1) is 12.3. The Bertz CT molecular complexity index is 685. The number of hydrogen-bond donors (Lipinski definition) is 1. The van der Waals surface area contributed by atoms with E-state index in [9.17, 15) is 4.79 Å². The second-order valence-corrected chi connectivity index (χ2v) is 5.17. The van der Waals surface area contributed by atoms with Crippen molar-refractivity contribution in [1.29, 1.82) is 0 Å². The van der Waals surface area contributed by atoms with Gasteiger partial charge in [0.25, 0.3) is 5.91 Å². The summed E-state index contributed by atoms with van der Waals surface area (Å²) in [6.07, 6.45) is 0. The van der Waals surface area contributed by atoms with Crippen LogP contribution in [0.25, 0.3) is 0 Å². The van der Waals surface area contributed by atoms with Gasteiger partial charge in [0.2, 0.25) is 0 Å². The van der Waals surface area contributed by atoms with E-state index in [4.69, 9.17) is 28.9 Å². The van der Waals surface area contributed by atoms with Crippen molar-refractivity contribution in [2.75, 3.05) is 10.6 Å². The molecule has 1 aliphatic heterocycles. The Kier molecular flexibility index (Phi) is 2.88. The smallest absolute Gasteiger partial charge is 0.259 e. The lowest BCUT2D eigenvalue weighted by molar-refractivity contribution is 0.0996. The summed E-state index contributed by atoms with van der Waals surface area (Å²) in [6, 6.07) is 10.6. The van der Waals surface area contributed by atoms with Crippen molar-refractivity contribution >= 4 is 40.5 Å². The first-order valence-electron chi connectivity index (χ1n) is 5.72. The van der Waals surface area contributed by atoms with Crippen LogP contribution < -0.4 is 10.6 Å². The quantitative estimate of drug-likeness (QED) is 0.814. The van der Waals surface area contributed by atoms with Crippen LogP contribution in [0.15, 0.2) is 36.4 Å². The van der Waals surface area contributed by atoms with E-state index in [0.29, 0.717) is 33.5 Å². The summed E-state index contributed by atoms with van der Waals surface area (Å²) in [6.45, 7) is 0.481. The maximum atomic E-state index is 12.4. The third-order valence-electron chi connectivity index (χ3n) is 3.16. The van der Waals surface area contributed by atoms with Crippen molar-refractivity contribution in [2.24, 2.45) is 0 Å². The van der Waals surface area contributed by atoms with Crippen LogP contribution >= 0.6 is 23.2 Å². The molecule has 0 radical (unpaired) electrons. The molecule has 0 fully saturated rings. The number of halogens is 2. The van der Waals surface area contributed by atoms with Crippen molar-refractivity contribution in [3.05, 3.63) is 57.6 Å². The number of fused-ring (bicyclic) bond motifs is 1. The molecule has 0 spiro atoms. The monoisotopic (exact) mass is 292 g/mol. The molecule has 19 heavy (non-hydrogen) atoms. The normalized spacial score (nSPS) is 13.8. The Morgan fingerprint density at radius 1 is 1.16 bits per heavy atom. The average Bonchev–Trinajstić information content (AvgIpc) is 2.70. The number of carbonyl (C=O) groups is 1. The summed E-state index contributed by atoms with van der Waals surface area (Å²) in [5.41, 5.74) is 8.47. The Labute approximate surface area is 120 Å². The number of hydrogen-bond acceptors (Lipinski definition) is 2. The lowest BCUT2D eigenvalue weighted by Gasteiger charge is -2.17. The van der Waals surface area contributed by atoms with Gasteiger partial charge < -0.3 is 10.6 Å². The average molecular weight is 293 g/mol. The van der Waals surface area contributed by atoms with E-state index in [1.54, 1.807) is 35.2 Å². The molecule has 1 heterocycles. The van der Waals surface area contributed by atoms with Crippen LogP contribution in [0.5, 0.6) is 0 Å². The standard InChI is InChI=1S/C14H10Cl2N2O/c15-11-2-1-3-12(13(11)16)18-7-8-4-5-9(17)6-10(8)14(18)19/h1-6H,7,17H2. The molecule has 0 unspecified atom stereocenters. The zero-order chi connectivity index (χ0) is 13.6. The largest absolute Gasteiger partial charge is 0.399 e. The highest BCUT2D eigenvalue weighted by atomic mass is 35.5. The molecule has 0 bridgehead atoms. The van der Waals surface area contributed by atoms with Crippen LogP contribution in [0.3, 0.4) is 0 Å². The summed E-state index contributed by atoms with van der Waals surface area (Å²) in [5, 5.41) is 0.820. The molecular formula is C14H10Cl2N2O. The molecule has 3 rings (SSSR count). The highest BCUT2D eigenvalue weighted by Gasteiger charge is 2.30. The number of amides is 1. The molecule has 0 aromatic heterocycles. The minimum Gasteiger partial charge on any atom is -0.399 e. The van der Waals surface area contributed by atoms with Crippen molar-refractivity contribution < 1.29 is 4.79 Å². The number of nitrogen functional groups attached to an aromatic ring is 1. The Balaban J connectivity index is 2.07. The fourth-order valence-corrected chi connectivity index (χ4v) is 2.61. The Morgan fingerprint density at radius 3 is 2.74 bits per heavy atom. The van der Waals surface area contributed by atoms with Crippen LogP contribution in [0.2, 0.25) is 10.0 Å². The first-order valence-corrected chi connectivity index (χ1v) is 6.48. The zero-order valence-corrected chi connectivity index (χ0v) is 11.4. The van der Waals surface area contributed by atoms with Gasteiger partial charge in [0, 0.05) is 11.3 Å². The van der Waals surface area contributed by atoms with Gasteiger partial charge in [0.15, 0.2) is 0 Å². The molecule has 0 saturated carbocycles. The number of anilines is 2. The van der Waals surface area contributed by atoms with Crippen molar-refractivity contribution in [3.8, 4) is 0 Å². The molecule has 0 atom stereocenters. The van der Waals surface area contributed by atoms with E-state index in [0.717, 1.165) is 5.56 Å².